The molecule has 0 saturated heterocycles. The fourth-order valence-corrected chi connectivity index (χ4v) is 2.73. The molecule has 0 bridgehead atoms. The van der Waals surface area contributed by atoms with E-state index in [0.29, 0.717) is 5.69 Å². The molecule has 0 aromatic heterocycles. The summed E-state index contributed by atoms with van der Waals surface area (Å²) < 4.78 is 38.9. The van der Waals surface area contributed by atoms with E-state index in [2.05, 4.69) is 15.5 Å². The van der Waals surface area contributed by atoms with Crippen molar-refractivity contribution in [2.45, 2.75) is 26.4 Å². The second kappa shape index (κ2) is 9.25. The lowest BCUT2D eigenvalue weighted by atomic mass is 10.1. The van der Waals surface area contributed by atoms with Gasteiger partial charge in [-0.2, -0.15) is 13.2 Å². The van der Waals surface area contributed by atoms with Crippen LogP contribution in [0, 0.1) is 0 Å². The van der Waals surface area contributed by atoms with E-state index in [-0.39, 0.29) is 5.69 Å². The Kier molecular flexibility index (Phi) is 7.03. The van der Waals surface area contributed by atoms with Crippen molar-refractivity contribution in [1.82, 2.24) is 0 Å². The maximum atomic E-state index is 13.0. The molecular formula is C20H22F3N3O2. The number of hydrogen-bond acceptors (Lipinski definition) is 3. The Morgan fingerprint density at radius 2 is 1.46 bits per heavy atom. The fourth-order valence-electron chi connectivity index (χ4n) is 2.73. The molecule has 150 valence electrons. The fraction of sp³-hybridized carbons (Fsp3) is 0.300. The molecule has 0 aliphatic carbocycles. The molecule has 0 spiro atoms. The summed E-state index contributed by atoms with van der Waals surface area (Å²) in [6, 6.07) is 11.7. The highest BCUT2D eigenvalue weighted by molar-refractivity contribution is 6.08. The van der Waals surface area contributed by atoms with Crippen LogP contribution in [0.2, 0.25) is 0 Å². The Bertz CT molecular complexity index is 816. The van der Waals surface area contributed by atoms with E-state index in [4.69, 9.17) is 0 Å². The molecule has 2 aromatic rings. The molecule has 0 fully saturated rings. The van der Waals surface area contributed by atoms with Gasteiger partial charge in [0.25, 0.3) is 0 Å². The van der Waals surface area contributed by atoms with Crippen LogP contribution in [-0.2, 0) is 15.8 Å². The highest BCUT2D eigenvalue weighted by atomic mass is 19.4. The summed E-state index contributed by atoms with van der Waals surface area (Å²) >= 11 is 0. The van der Waals surface area contributed by atoms with E-state index in [1.807, 2.05) is 26.0 Å². The first-order valence-electron chi connectivity index (χ1n) is 8.85. The lowest BCUT2D eigenvalue weighted by Crippen LogP contribution is -2.23. The molecule has 0 heterocycles. The standard InChI is InChI=1S/C20H22F3N3O2/c1-3-26(4-2)15-11-9-14(10-12-15)24-18(27)13-19(28)25-17-8-6-5-7-16(17)20(21,22)23/h5-12H,3-4,13H2,1-2H3,(H,24,27)(H,25,28). The number of rotatable bonds is 7. The van der Waals surface area contributed by atoms with Crippen molar-refractivity contribution in [3.63, 3.8) is 0 Å². The smallest absolute Gasteiger partial charge is 0.372 e. The van der Waals surface area contributed by atoms with E-state index in [1.54, 1.807) is 12.1 Å². The van der Waals surface area contributed by atoms with Crippen LogP contribution in [0.25, 0.3) is 0 Å². The molecule has 2 aromatic carbocycles. The van der Waals surface area contributed by atoms with Gasteiger partial charge >= 0.3 is 6.18 Å². The van der Waals surface area contributed by atoms with Crippen molar-refractivity contribution in [1.29, 1.82) is 0 Å². The van der Waals surface area contributed by atoms with E-state index in [1.165, 1.54) is 12.1 Å². The lowest BCUT2D eigenvalue weighted by Gasteiger charge is -2.21. The van der Waals surface area contributed by atoms with Crippen molar-refractivity contribution < 1.29 is 22.8 Å². The molecule has 2 amide bonds. The number of carbonyl (C=O) groups is 2. The van der Waals surface area contributed by atoms with Crippen molar-refractivity contribution in [2.75, 3.05) is 28.6 Å². The van der Waals surface area contributed by atoms with Crippen LogP contribution >= 0.6 is 0 Å². The number of amides is 2. The van der Waals surface area contributed by atoms with E-state index in [9.17, 15) is 22.8 Å². The van der Waals surface area contributed by atoms with Gasteiger partial charge in [-0.1, -0.05) is 12.1 Å². The molecule has 0 unspecified atom stereocenters. The number of benzene rings is 2. The maximum absolute atomic E-state index is 13.0. The van der Waals surface area contributed by atoms with Gasteiger partial charge in [-0.25, -0.2) is 0 Å². The molecule has 2 rings (SSSR count). The van der Waals surface area contributed by atoms with Crippen molar-refractivity contribution >= 4 is 28.9 Å². The van der Waals surface area contributed by atoms with Gasteiger partial charge in [0.1, 0.15) is 6.42 Å². The number of nitrogens with zero attached hydrogens (tertiary/aromatic N) is 1. The van der Waals surface area contributed by atoms with Crippen molar-refractivity contribution in [3.05, 3.63) is 54.1 Å². The Labute approximate surface area is 161 Å². The zero-order valence-electron chi connectivity index (χ0n) is 15.6. The van der Waals surface area contributed by atoms with Crippen LogP contribution in [0.1, 0.15) is 25.8 Å². The normalized spacial score (nSPS) is 11.0. The minimum absolute atomic E-state index is 0.378. The van der Waals surface area contributed by atoms with Crippen LogP contribution in [0.15, 0.2) is 48.5 Å². The highest BCUT2D eigenvalue weighted by Crippen LogP contribution is 2.34. The monoisotopic (exact) mass is 393 g/mol. The van der Waals surface area contributed by atoms with Gasteiger partial charge < -0.3 is 15.5 Å². The SMILES string of the molecule is CCN(CC)c1ccc(NC(=O)CC(=O)Nc2ccccc2C(F)(F)F)cc1. The minimum Gasteiger partial charge on any atom is -0.372 e. The molecule has 0 aliphatic heterocycles. The largest absolute Gasteiger partial charge is 0.418 e. The predicted molar refractivity (Wildman–Crippen MR) is 103 cm³/mol. The molecule has 0 radical (unpaired) electrons. The van der Waals surface area contributed by atoms with Gasteiger partial charge in [0.05, 0.1) is 11.3 Å². The number of anilines is 3. The van der Waals surface area contributed by atoms with Gasteiger partial charge in [0.15, 0.2) is 0 Å². The second-order valence-electron chi connectivity index (χ2n) is 6.04. The van der Waals surface area contributed by atoms with Gasteiger partial charge in [0.2, 0.25) is 11.8 Å². The lowest BCUT2D eigenvalue weighted by molar-refractivity contribution is -0.137. The molecule has 0 atom stereocenters. The van der Waals surface area contributed by atoms with E-state index >= 15 is 0 Å². The van der Waals surface area contributed by atoms with Gasteiger partial charge in [-0.3, -0.25) is 9.59 Å². The predicted octanol–water partition coefficient (Wildman–Crippen LogP) is 4.52. The summed E-state index contributed by atoms with van der Waals surface area (Å²) in [7, 11) is 0. The Morgan fingerprint density at radius 1 is 0.893 bits per heavy atom. The van der Waals surface area contributed by atoms with Gasteiger partial charge in [0, 0.05) is 24.5 Å². The third kappa shape index (κ3) is 5.73. The van der Waals surface area contributed by atoms with Crippen molar-refractivity contribution in [3.8, 4) is 0 Å². The Hall–Kier alpha value is -3.03. The van der Waals surface area contributed by atoms with Crippen LogP contribution < -0.4 is 15.5 Å². The first kappa shape index (κ1) is 21.3. The van der Waals surface area contributed by atoms with Gasteiger partial charge in [-0.05, 0) is 50.2 Å². The molecule has 8 heteroatoms. The molecule has 2 N–H and O–H groups in total. The van der Waals surface area contributed by atoms with E-state index < -0.39 is 30.0 Å². The highest BCUT2D eigenvalue weighted by Gasteiger charge is 2.33. The molecule has 0 saturated carbocycles. The quantitative estimate of drug-likeness (QED) is 0.680. The van der Waals surface area contributed by atoms with Crippen LogP contribution in [0.4, 0.5) is 30.2 Å². The van der Waals surface area contributed by atoms with Gasteiger partial charge in [-0.15, -0.1) is 0 Å². The summed E-state index contributed by atoms with van der Waals surface area (Å²) in [5, 5.41) is 4.71. The third-order valence-corrected chi connectivity index (χ3v) is 4.11. The Balaban J connectivity index is 1.96. The second-order valence-corrected chi connectivity index (χ2v) is 6.04. The number of nitrogens with one attached hydrogen (secondary N) is 2. The number of para-hydroxylation sites is 1. The van der Waals surface area contributed by atoms with Crippen LogP contribution in [0.3, 0.4) is 0 Å². The molecule has 28 heavy (non-hydrogen) atoms. The first-order chi connectivity index (χ1) is 13.2. The van der Waals surface area contributed by atoms with Crippen molar-refractivity contribution in [2.24, 2.45) is 0 Å². The average molecular weight is 393 g/mol. The number of hydrogen-bond donors (Lipinski definition) is 2. The topological polar surface area (TPSA) is 61.4 Å². The summed E-state index contributed by atoms with van der Waals surface area (Å²) in [4.78, 5) is 26.1. The Morgan fingerprint density at radius 3 is 2.04 bits per heavy atom. The molecule has 0 aliphatic rings. The maximum Gasteiger partial charge on any atom is 0.418 e. The van der Waals surface area contributed by atoms with Crippen LogP contribution in [0.5, 0.6) is 0 Å². The average Bonchev–Trinajstić information content (AvgIpc) is 2.63. The number of halogens is 3. The summed E-state index contributed by atoms with van der Waals surface area (Å²) in [5.74, 6) is -1.44. The van der Waals surface area contributed by atoms with Crippen LogP contribution in [-0.4, -0.2) is 24.9 Å². The minimum atomic E-state index is -4.60. The summed E-state index contributed by atoms with van der Waals surface area (Å²) in [6.07, 6.45) is -5.19. The summed E-state index contributed by atoms with van der Waals surface area (Å²) in [6.45, 7) is 5.77. The molecular weight excluding hydrogens is 371 g/mol. The van der Waals surface area contributed by atoms with E-state index in [0.717, 1.165) is 30.9 Å². The zero-order chi connectivity index (χ0) is 20.7. The first-order valence-corrected chi connectivity index (χ1v) is 8.85. The summed E-state index contributed by atoms with van der Waals surface area (Å²) in [5.41, 5.74) is 0.168. The number of carbonyl (C=O) groups excluding carboxylic acids is 2. The zero-order valence-corrected chi connectivity index (χ0v) is 15.6. The third-order valence-electron chi connectivity index (χ3n) is 4.11. The molecule has 5 nitrogen and oxygen atoms in total. The number of alkyl halides is 3.